The van der Waals surface area contributed by atoms with Gasteiger partial charge in [0.15, 0.2) is 0 Å². The van der Waals surface area contributed by atoms with Crippen LogP contribution in [0.1, 0.15) is 20.8 Å². The Balaban J connectivity index is 3.91. The molecule has 0 saturated carbocycles. The quantitative estimate of drug-likeness (QED) is 0.569. The van der Waals surface area contributed by atoms with Crippen LogP contribution >= 0.6 is 22.9 Å². The predicted octanol–water partition coefficient (Wildman–Crippen LogP) is 1.29. The number of hydrogen-bond donors (Lipinski definition) is 1. The van der Waals surface area contributed by atoms with Crippen molar-refractivity contribution >= 4 is 28.6 Å². The average Bonchev–Trinajstić information content (AvgIpc) is 1.67. The molecule has 0 aliphatic rings. The topological polar surface area (TPSA) is 29.1 Å². The van der Waals surface area contributed by atoms with Gasteiger partial charge in [0.25, 0.3) is 0 Å². The van der Waals surface area contributed by atoms with Crippen LogP contribution in [0.3, 0.4) is 0 Å². The summed E-state index contributed by atoms with van der Waals surface area (Å²) in [5.41, 5.74) is -0.361. The zero-order valence-electron chi connectivity index (χ0n) is 5.29. The fourth-order valence-electron chi connectivity index (χ4n) is 0.0665. The van der Waals surface area contributed by atoms with Crippen LogP contribution in [0.5, 0.6) is 0 Å². The van der Waals surface area contributed by atoms with Crippen molar-refractivity contribution in [2.45, 2.75) is 26.3 Å². The molecule has 0 aliphatic heterocycles. The number of nitrogens with one attached hydrogen (secondary N) is 1. The molecule has 0 fully saturated rings. The minimum atomic E-state index is -0.361. The summed E-state index contributed by atoms with van der Waals surface area (Å²) < 4.78 is 2.86. The van der Waals surface area contributed by atoms with Gasteiger partial charge < -0.3 is 0 Å². The van der Waals surface area contributed by atoms with Gasteiger partial charge in [0.2, 0.25) is 0 Å². The normalized spacial score (nSPS) is 11.5. The smallest absolute Gasteiger partial charge is 0.149 e. The van der Waals surface area contributed by atoms with E-state index in [1.165, 1.54) is 0 Å². The van der Waals surface area contributed by atoms with E-state index < -0.39 is 0 Å². The molecule has 1 N–H and O–H groups in total. The first-order chi connectivity index (χ1) is 3.50. The van der Waals surface area contributed by atoms with Gasteiger partial charge in [0.05, 0.1) is 5.54 Å². The van der Waals surface area contributed by atoms with Crippen molar-refractivity contribution < 1.29 is 4.79 Å². The van der Waals surface area contributed by atoms with Crippen LogP contribution in [-0.2, 0) is 4.79 Å². The molecule has 3 heteroatoms. The zero-order chi connectivity index (χ0) is 6.78. The molecule has 0 rings (SSSR count). The van der Waals surface area contributed by atoms with Gasteiger partial charge in [-0.2, -0.15) is 0 Å². The highest BCUT2D eigenvalue weighted by Gasteiger charge is 2.20. The lowest BCUT2D eigenvalue weighted by atomic mass is 10.0. The molecule has 0 atom stereocenters. The molecule has 0 aromatic heterocycles. The average molecular weight is 227 g/mol. The lowest BCUT2D eigenvalue weighted by molar-refractivity contribution is -0.121. The van der Waals surface area contributed by atoms with Gasteiger partial charge in [-0.3, -0.25) is 4.79 Å². The summed E-state index contributed by atoms with van der Waals surface area (Å²) in [6.07, 6.45) is 0. The molecule has 2 nitrogen and oxygen atoms in total. The molecule has 8 heavy (non-hydrogen) atoms. The third-order valence-electron chi connectivity index (χ3n) is 1.12. The monoisotopic (exact) mass is 227 g/mol. The molecule has 0 heterocycles. The molecule has 0 unspecified atom stereocenters. The Hall–Kier alpha value is 0.360. The van der Waals surface area contributed by atoms with Gasteiger partial charge >= 0.3 is 0 Å². The van der Waals surface area contributed by atoms with Crippen molar-refractivity contribution in [3.8, 4) is 0 Å². The maximum absolute atomic E-state index is 10.6. The fourth-order valence-corrected chi connectivity index (χ4v) is 0.446. The third-order valence-corrected chi connectivity index (χ3v) is 2.46. The minimum absolute atomic E-state index is 0.159. The van der Waals surface area contributed by atoms with Crippen LogP contribution in [-0.4, -0.2) is 11.3 Å². The Morgan fingerprint density at radius 3 is 2.00 bits per heavy atom. The van der Waals surface area contributed by atoms with E-state index in [0.29, 0.717) is 0 Å². The Bertz CT molecular complexity index is 101. The van der Waals surface area contributed by atoms with Crippen LogP contribution < -0.4 is 3.53 Å². The van der Waals surface area contributed by atoms with E-state index in [2.05, 4.69) is 3.53 Å². The van der Waals surface area contributed by atoms with Crippen molar-refractivity contribution in [3.05, 3.63) is 0 Å². The highest BCUT2D eigenvalue weighted by atomic mass is 127. The SMILES string of the molecule is CC(=O)C(C)(C)NI. The minimum Gasteiger partial charge on any atom is -0.298 e. The van der Waals surface area contributed by atoms with Crippen molar-refractivity contribution in [2.24, 2.45) is 0 Å². The summed E-state index contributed by atoms with van der Waals surface area (Å²) in [6, 6.07) is 0. The van der Waals surface area contributed by atoms with E-state index >= 15 is 0 Å². The summed E-state index contributed by atoms with van der Waals surface area (Å²) in [7, 11) is 0. The van der Waals surface area contributed by atoms with Crippen LogP contribution in [0.4, 0.5) is 0 Å². The van der Waals surface area contributed by atoms with E-state index in [4.69, 9.17) is 0 Å². The van der Waals surface area contributed by atoms with Crippen molar-refractivity contribution in [3.63, 3.8) is 0 Å². The Kier molecular flexibility index (Phi) is 2.90. The standard InChI is InChI=1S/C5H10INO/c1-4(8)5(2,3)7-6/h7H,1-3H3. The number of hydrogen-bond acceptors (Lipinski definition) is 2. The third kappa shape index (κ3) is 2.09. The van der Waals surface area contributed by atoms with E-state index in [-0.39, 0.29) is 11.3 Å². The first-order valence-corrected chi connectivity index (χ1v) is 3.47. The van der Waals surface area contributed by atoms with Gasteiger partial charge in [-0.25, -0.2) is 3.53 Å². The Morgan fingerprint density at radius 1 is 1.62 bits per heavy atom. The Morgan fingerprint density at radius 2 is 2.00 bits per heavy atom. The fraction of sp³-hybridized carbons (Fsp3) is 0.800. The Labute approximate surface area is 63.5 Å². The molecule has 0 saturated heterocycles. The van der Waals surface area contributed by atoms with Gasteiger partial charge in [0, 0.05) is 22.9 Å². The van der Waals surface area contributed by atoms with Crippen LogP contribution in [0.2, 0.25) is 0 Å². The second-order valence-corrected chi connectivity index (χ2v) is 2.82. The summed E-state index contributed by atoms with van der Waals surface area (Å²) in [5, 5.41) is 0. The van der Waals surface area contributed by atoms with E-state index in [1.54, 1.807) is 6.92 Å². The number of halogens is 1. The second-order valence-electron chi connectivity index (χ2n) is 2.28. The zero-order valence-corrected chi connectivity index (χ0v) is 7.44. The molecule has 0 amide bonds. The number of rotatable bonds is 2. The van der Waals surface area contributed by atoms with E-state index in [1.807, 2.05) is 36.7 Å². The molecule has 0 spiro atoms. The van der Waals surface area contributed by atoms with Crippen LogP contribution in [0.15, 0.2) is 0 Å². The van der Waals surface area contributed by atoms with E-state index in [9.17, 15) is 4.79 Å². The molecule has 0 radical (unpaired) electrons. The summed E-state index contributed by atoms with van der Waals surface area (Å²) in [6.45, 7) is 5.27. The lowest BCUT2D eigenvalue weighted by Gasteiger charge is -2.17. The van der Waals surface area contributed by atoms with Gasteiger partial charge in [-0.05, 0) is 20.8 Å². The van der Waals surface area contributed by atoms with Gasteiger partial charge in [-0.1, -0.05) is 0 Å². The van der Waals surface area contributed by atoms with E-state index in [0.717, 1.165) is 0 Å². The van der Waals surface area contributed by atoms with Crippen molar-refractivity contribution in [1.82, 2.24) is 3.53 Å². The first kappa shape index (κ1) is 8.36. The summed E-state index contributed by atoms with van der Waals surface area (Å²) in [5.74, 6) is 0.159. The first-order valence-electron chi connectivity index (χ1n) is 2.39. The number of ketones is 1. The molecule has 0 aromatic carbocycles. The molecule has 0 bridgehead atoms. The molecule has 48 valence electrons. The van der Waals surface area contributed by atoms with Crippen molar-refractivity contribution in [2.75, 3.05) is 0 Å². The van der Waals surface area contributed by atoms with Gasteiger partial charge in [-0.15, -0.1) is 0 Å². The number of carbonyl (C=O) groups excluding carboxylic acids is 1. The van der Waals surface area contributed by atoms with Crippen LogP contribution in [0, 0.1) is 0 Å². The maximum Gasteiger partial charge on any atom is 0.149 e. The lowest BCUT2D eigenvalue weighted by Crippen LogP contribution is -2.39. The molecular weight excluding hydrogens is 217 g/mol. The molecule has 0 aromatic rings. The second kappa shape index (κ2) is 2.77. The molecular formula is C5H10INO. The number of Topliss-reactive ketones (excluding diaryl/α,β-unsaturated/α-hetero) is 1. The highest BCUT2D eigenvalue weighted by Crippen LogP contribution is 2.04. The van der Waals surface area contributed by atoms with Crippen molar-refractivity contribution in [1.29, 1.82) is 0 Å². The summed E-state index contributed by atoms with van der Waals surface area (Å²) >= 11 is 1.97. The number of carbonyl (C=O) groups is 1. The maximum atomic E-state index is 10.6. The summed E-state index contributed by atoms with van der Waals surface area (Å²) in [4.78, 5) is 10.6. The molecule has 0 aliphatic carbocycles. The predicted molar refractivity (Wildman–Crippen MR) is 41.9 cm³/mol. The van der Waals surface area contributed by atoms with Crippen LogP contribution in [0.25, 0.3) is 0 Å². The highest BCUT2D eigenvalue weighted by molar-refractivity contribution is 14.1. The van der Waals surface area contributed by atoms with Gasteiger partial charge in [0.1, 0.15) is 5.78 Å². The largest absolute Gasteiger partial charge is 0.298 e.